The van der Waals surface area contributed by atoms with Crippen molar-refractivity contribution in [2.24, 2.45) is 0 Å². The van der Waals surface area contributed by atoms with E-state index in [0.29, 0.717) is 25.3 Å². The number of aliphatic carboxylic acids is 1. The summed E-state index contributed by atoms with van der Waals surface area (Å²) in [4.78, 5) is 28.1. The Labute approximate surface area is 127 Å². The highest BCUT2D eigenvalue weighted by Gasteiger charge is 2.29. The van der Waals surface area contributed by atoms with Crippen LogP contribution in [-0.4, -0.2) is 46.8 Å². The Morgan fingerprint density at radius 1 is 1.45 bits per heavy atom. The lowest BCUT2D eigenvalue weighted by molar-refractivity contribution is -0.150. The first-order valence-corrected chi connectivity index (χ1v) is 7.22. The van der Waals surface area contributed by atoms with Crippen molar-refractivity contribution in [3.63, 3.8) is 0 Å². The first-order chi connectivity index (χ1) is 10.5. The Morgan fingerprint density at radius 2 is 2.27 bits per heavy atom. The summed E-state index contributed by atoms with van der Waals surface area (Å²) in [5.74, 6) is -0.923. The van der Waals surface area contributed by atoms with Gasteiger partial charge in [-0.2, -0.15) is 0 Å². The zero-order valence-electron chi connectivity index (χ0n) is 12.3. The first kappa shape index (κ1) is 14.7. The number of pyridine rings is 1. The van der Waals surface area contributed by atoms with E-state index in [-0.39, 0.29) is 12.2 Å². The first-order valence-electron chi connectivity index (χ1n) is 7.22. The minimum atomic E-state index is -0.923. The Morgan fingerprint density at radius 3 is 3.05 bits per heavy atom. The highest BCUT2D eigenvalue weighted by Crippen LogP contribution is 2.16. The molecule has 1 aromatic heterocycles. The van der Waals surface area contributed by atoms with Crippen molar-refractivity contribution in [2.75, 3.05) is 19.8 Å². The third-order valence-corrected chi connectivity index (χ3v) is 3.97. The molecule has 6 nitrogen and oxygen atoms in total. The molecule has 1 atom stereocenters. The predicted octanol–water partition coefficient (Wildman–Crippen LogP) is 1.12. The molecule has 0 radical (unpaired) electrons. The molecule has 1 aromatic carbocycles. The van der Waals surface area contributed by atoms with Gasteiger partial charge in [-0.05, 0) is 30.5 Å². The van der Waals surface area contributed by atoms with Gasteiger partial charge in [-0.25, -0.2) is 0 Å². The van der Waals surface area contributed by atoms with Gasteiger partial charge in [-0.3, -0.25) is 14.5 Å². The number of aromatic nitrogens is 1. The van der Waals surface area contributed by atoms with Crippen LogP contribution >= 0.6 is 0 Å². The fourth-order valence-electron chi connectivity index (χ4n) is 2.76. The van der Waals surface area contributed by atoms with Crippen LogP contribution in [0.1, 0.15) is 11.1 Å². The summed E-state index contributed by atoms with van der Waals surface area (Å²) >= 11 is 0. The molecule has 2 heterocycles. The molecule has 0 aliphatic carbocycles. The Kier molecular flexibility index (Phi) is 3.96. The van der Waals surface area contributed by atoms with E-state index in [0.717, 1.165) is 16.5 Å². The van der Waals surface area contributed by atoms with Gasteiger partial charge < -0.3 is 14.8 Å². The number of ether oxygens (including phenoxy) is 1. The van der Waals surface area contributed by atoms with Crippen LogP contribution in [0, 0.1) is 6.92 Å². The number of morpholine rings is 1. The number of nitrogens with zero attached hydrogens (tertiary/aromatic N) is 1. The van der Waals surface area contributed by atoms with Crippen molar-refractivity contribution in [1.29, 1.82) is 0 Å². The molecule has 2 aromatic rings. The van der Waals surface area contributed by atoms with Crippen LogP contribution in [0.2, 0.25) is 0 Å². The van der Waals surface area contributed by atoms with Gasteiger partial charge in [-0.1, -0.05) is 11.6 Å². The number of carboxylic acid groups (broad SMARTS) is 1. The van der Waals surface area contributed by atoms with Crippen molar-refractivity contribution in [3.05, 3.63) is 45.7 Å². The van der Waals surface area contributed by atoms with Gasteiger partial charge in [0.15, 0.2) is 0 Å². The van der Waals surface area contributed by atoms with Gasteiger partial charge in [0, 0.05) is 24.2 Å². The lowest BCUT2D eigenvalue weighted by atomic mass is 10.1. The van der Waals surface area contributed by atoms with Gasteiger partial charge >= 0.3 is 5.97 Å². The normalized spacial score (nSPS) is 19.4. The maximum Gasteiger partial charge on any atom is 0.323 e. The van der Waals surface area contributed by atoms with Crippen molar-refractivity contribution in [1.82, 2.24) is 9.88 Å². The number of carbonyl (C=O) groups is 1. The van der Waals surface area contributed by atoms with Crippen LogP contribution in [0.15, 0.2) is 29.1 Å². The molecular weight excluding hydrogens is 284 g/mol. The van der Waals surface area contributed by atoms with Crippen LogP contribution in [0.4, 0.5) is 0 Å². The molecule has 1 saturated heterocycles. The summed E-state index contributed by atoms with van der Waals surface area (Å²) in [5, 5.41) is 10.2. The molecule has 6 heteroatoms. The second kappa shape index (κ2) is 5.90. The standard InChI is InChI=1S/C16H18N2O4/c1-10-2-3-13-11(6-10)7-12(15(19)17-13)8-18-4-5-22-9-14(18)16(20)21/h2-3,6-7,14H,4-5,8-9H2,1H3,(H,17,19)(H,20,21)/t14-/m1/s1. The van der Waals surface area contributed by atoms with E-state index in [2.05, 4.69) is 4.98 Å². The second-order valence-electron chi connectivity index (χ2n) is 5.61. The van der Waals surface area contributed by atoms with E-state index in [1.807, 2.05) is 31.2 Å². The SMILES string of the molecule is Cc1ccc2[nH]c(=O)c(CN3CCOC[C@@H]3C(=O)O)cc2c1. The molecule has 1 fully saturated rings. The van der Waals surface area contributed by atoms with Gasteiger partial charge in [0.05, 0.1) is 13.2 Å². The molecule has 0 unspecified atom stereocenters. The lowest BCUT2D eigenvalue weighted by Gasteiger charge is -2.32. The molecule has 3 rings (SSSR count). The molecule has 0 amide bonds. The van der Waals surface area contributed by atoms with E-state index in [4.69, 9.17) is 4.74 Å². The maximum atomic E-state index is 12.2. The van der Waals surface area contributed by atoms with Crippen LogP contribution in [-0.2, 0) is 16.1 Å². The average molecular weight is 302 g/mol. The van der Waals surface area contributed by atoms with Crippen LogP contribution in [0.25, 0.3) is 10.9 Å². The molecule has 116 valence electrons. The molecule has 0 spiro atoms. The summed E-state index contributed by atoms with van der Waals surface area (Å²) in [6.07, 6.45) is 0. The number of H-pyrrole nitrogens is 1. The third kappa shape index (κ3) is 2.88. The molecule has 0 bridgehead atoms. The highest BCUT2D eigenvalue weighted by atomic mass is 16.5. The Balaban J connectivity index is 1.93. The van der Waals surface area contributed by atoms with Crippen molar-refractivity contribution < 1.29 is 14.6 Å². The minimum Gasteiger partial charge on any atom is -0.480 e. The summed E-state index contributed by atoms with van der Waals surface area (Å²) < 4.78 is 5.22. The molecule has 2 N–H and O–H groups in total. The van der Waals surface area contributed by atoms with Gasteiger partial charge in [-0.15, -0.1) is 0 Å². The minimum absolute atomic E-state index is 0.153. The number of nitrogens with one attached hydrogen (secondary N) is 1. The number of aryl methyl sites for hydroxylation is 1. The molecular formula is C16H18N2O4. The van der Waals surface area contributed by atoms with Gasteiger partial charge in [0.2, 0.25) is 0 Å². The van der Waals surface area contributed by atoms with E-state index in [1.165, 1.54) is 0 Å². The Bertz CT molecular complexity index is 768. The van der Waals surface area contributed by atoms with Crippen LogP contribution in [0.3, 0.4) is 0 Å². The summed E-state index contributed by atoms with van der Waals surface area (Å²) in [6, 6.07) is 6.96. The van der Waals surface area contributed by atoms with E-state index >= 15 is 0 Å². The van der Waals surface area contributed by atoms with Crippen molar-refractivity contribution in [3.8, 4) is 0 Å². The maximum absolute atomic E-state index is 12.2. The third-order valence-electron chi connectivity index (χ3n) is 3.97. The zero-order chi connectivity index (χ0) is 15.7. The van der Waals surface area contributed by atoms with Crippen LogP contribution < -0.4 is 5.56 Å². The van der Waals surface area contributed by atoms with Gasteiger partial charge in [0.25, 0.3) is 5.56 Å². The number of hydrogen-bond acceptors (Lipinski definition) is 4. The number of carboxylic acids is 1. The van der Waals surface area contributed by atoms with E-state index < -0.39 is 12.0 Å². The second-order valence-corrected chi connectivity index (χ2v) is 5.61. The van der Waals surface area contributed by atoms with Crippen molar-refractivity contribution in [2.45, 2.75) is 19.5 Å². The average Bonchev–Trinajstić information content (AvgIpc) is 2.49. The summed E-state index contributed by atoms with van der Waals surface area (Å²) in [7, 11) is 0. The van der Waals surface area contributed by atoms with Crippen molar-refractivity contribution >= 4 is 16.9 Å². The smallest absolute Gasteiger partial charge is 0.323 e. The molecule has 22 heavy (non-hydrogen) atoms. The summed E-state index contributed by atoms with van der Waals surface area (Å²) in [6.45, 7) is 3.43. The predicted molar refractivity (Wildman–Crippen MR) is 82.0 cm³/mol. The van der Waals surface area contributed by atoms with E-state index in [1.54, 1.807) is 4.90 Å². The number of benzene rings is 1. The monoisotopic (exact) mass is 302 g/mol. The largest absolute Gasteiger partial charge is 0.480 e. The summed E-state index contributed by atoms with van der Waals surface area (Å²) in [5.41, 5.74) is 2.30. The van der Waals surface area contributed by atoms with Crippen LogP contribution in [0.5, 0.6) is 0 Å². The number of aromatic amines is 1. The fraction of sp³-hybridized carbons (Fsp3) is 0.375. The number of fused-ring (bicyclic) bond motifs is 1. The zero-order valence-corrected chi connectivity index (χ0v) is 12.3. The molecule has 1 aliphatic heterocycles. The quantitative estimate of drug-likeness (QED) is 0.888. The van der Waals surface area contributed by atoms with Gasteiger partial charge in [0.1, 0.15) is 6.04 Å². The number of hydrogen-bond donors (Lipinski definition) is 2. The highest BCUT2D eigenvalue weighted by molar-refractivity contribution is 5.79. The van der Waals surface area contributed by atoms with E-state index in [9.17, 15) is 14.7 Å². The molecule has 0 saturated carbocycles. The lowest BCUT2D eigenvalue weighted by Crippen LogP contribution is -2.49. The number of rotatable bonds is 3. The topological polar surface area (TPSA) is 82.6 Å². The molecule has 1 aliphatic rings. The Hall–Kier alpha value is -2.18. The fourth-order valence-corrected chi connectivity index (χ4v) is 2.76.